The SMILES string of the molecule is CSc1nc2n(n1)[C@@H](c1cccs1)C1=C(N2)c2cc(Cl)ccc2O[C@@H]1c1ccc(C)cc1. The number of benzene rings is 2. The lowest BCUT2D eigenvalue weighted by atomic mass is 9.87. The molecule has 2 atom stereocenters. The highest BCUT2D eigenvalue weighted by molar-refractivity contribution is 7.98. The van der Waals surface area contributed by atoms with Crippen molar-refractivity contribution in [1.29, 1.82) is 0 Å². The summed E-state index contributed by atoms with van der Waals surface area (Å²) in [7, 11) is 0. The van der Waals surface area contributed by atoms with Crippen molar-refractivity contribution < 1.29 is 4.74 Å². The average molecular weight is 479 g/mol. The predicted molar refractivity (Wildman–Crippen MR) is 131 cm³/mol. The van der Waals surface area contributed by atoms with Gasteiger partial charge in [-0.25, -0.2) is 4.68 Å². The number of nitrogens with zero attached hydrogens (tertiary/aromatic N) is 3. The van der Waals surface area contributed by atoms with Gasteiger partial charge in [-0.15, -0.1) is 16.4 Å². The number of nitrogens with one attached hydrogen (secondary N) is 1. The molecule has 2 aliphatic rings. The Balaban J connectivity index is 1.63. The Morgan fingerprint density at radius 1 is 1.16 bits per heavy atom. The van der Waals surface area contributed by atoms with Crippen LogP contribution in [-0.2, 0) is 0 Å². The Morgan fingerprint density at radius 3 is 2.75 bits per heavy atom. The molecule has 4 aromatic rings. The molecule has 4 heterocycles. The summed E-state index contributed by atoms with van der Waals surface area (Å²) < 4.78 is 8.62. The van der Waals surface area contributed by atoms with E-state index in [0.29, 0.717) is 5.02 Å². The third kappa shape index (κ3) is 3.15. The first-order valence-corrected chi connectivity index (χ1v) is 12.7. The van der Waals surface area contributed by atoms with E-state index in [4.69, 9.17) is 26.4 Å². The van der Waals surface area contributed by atoms with Crippen molar-refractivity contribution in [2.75, 3.05) is 11.6 Å². The number of ether oxygens (including phenoxy) is 1. The summed E-state index contributed by atoms with van der Waals surface area (Å²) in [6, 6.07) is 18.4. The third-order valence-corrected chi connectivity index (χ3v) is 7.49. The van der Waals surface area contributed by atoms with E-state index in [9.17, 15) is 0 Å². The second-order valence-corrected chi connectivity index (χ2v) is 9.98. The van der Waals surface area contributed by atoms with Gasteiger partial charge < -0.3 is 10.1 Å². The highest BCUT2D eigenvalue weighted by Crippen LogP contribution is 2.51. The van der Waals surface area contributed by atoms with E-state index in [-0.39, 0.29) is 12.1 Å². The minimum Gasteiger partial charge on any atom is -0.480 e. The van der Waals surface area contributed by atoms with Crippen LogP contribution in [0.1, 0.15) is 33.7 Å². The summed E-state index contributed by atoms with van der Waals surface area (Å²) >= 11 is 9.64. The molecule has 8 heteroatoms. The van der Waals surface area contributed by atoms with Crippen molar-refractivity contribution in [3.63, 3.8) is 0 Å². The Hall–Kier alpha value is -2.74. The van der Waals surface area contributed by atoms with E-state index in [2.05, 4.69) is 54.0 Å². The number of anilines is 1. The zero-order valence-electron chi connectivity index (χ0n) is 17.4. The van der Waals surface area contributed by atoms with Gasteiger partial charge in [0, 0.05) is 21.0 Å². The van der Waals surface area contributed by atoms with Gasteiger partial charge in [-0.3, -0.25) is 0 Å². The molecule has 32 heavy (non-hydrogen) atoms. The quantitative estimate of drug-likeness (QED) is 0.337. The molecule has 160 valence electrons. The van der Waals surface area contributed by atoms with E-state index in [1.807, 2.05) is 29.1 Å². The smallest absolute Gasteiger partial charge is 0.227 e. The van der Waals surface area contributed by atoms with Crippen LogP contribution < -0.4 is 10.1 Å². The van der Waals surface area contributed by atoms with Gasteiger partial charge >= 0.3 is 0 Å². The summed E-state index contributed by atoms with van der Waals surface area (Å²) in [5.74, 6) is 1.52. The van der Waals surface area contributed by atoms with Crippen LogP contribution in [0, 0.1) is 6.92 Å². The molecule has 1 N–H and O–H groups in total. The van der Waals surface area contributed by atoms with Gasteiger partial charge in [0.1, 0.15) is 17.9 Å². The van der Waals surface area contributed by atoms with Crippen LogP contribution in [0.5, 0.6) is 5.75 Å². The van der Waals surface area contributed by atoms with Crippen molar-refractivity contribution in [2.24, 2.45) is 0 Å². The van der Waals surface area contributed by atoms with E-state index in [0.717, 1.165) is 39.3 Å². The Kier molecular flexibility index (Phi) is 4.78. The lowest BCUT2D eigenvalue weighted by Gasteiger charge is -2.38. The molecule has 2 aliphatic heterocycles. The maximum absolute atomic E-state index is 6.64. The first kappa shape index (κ1) is 19.9. The van der Waals surface area contributed by atoms with Crippen molar-refractivity contribution in [3.05, 3.63) is 92.1 Å². The Bertz CT molecular complexity index is 1350. The predicted octanol–water partition coefficient (Wildman–Crippen LogP) is 6.58. The monoisotopic (exact) mass is 478 g/mol. The van der Waals surface area contributed by atoms with Crippen LogP contribution in [0.4, 0.5) is 5.95 Å². The van der Waals surface area contributed by atoms with Crippen LogP contribution in [0.15, 0.2) is 70.7 Å². The molecule has 0 spiro atoms. The first-order chi connectivity index (χ1) is 15.6. The highest BCUT2D eigenvalue weighted by atomic mass is 35.5. The number of thiophene rings is 1. The van der Waals surface area contributed by atoms with Crippen molar-refractivity contribution in [2.45, 2.75) is 24.2 Å². The Morgan fingerprint density at radius 2 is 2.00 bits per heavy atom. The van der Waals surface area contributed by atoms with Gasteiger partial charge in [-0.05, 0) is 48.4 Å². The van der Waals surface area contributed by atoms with Crippen molar-refractivity contribution in [1.82, 2.24) is 14.8 Å². The number of rotatable bonds is 3. The summed E-state index contributed by atoms with van der Waals surface area (Å²) in [5, 5.41) is 11.9. The van der Waals surface area contributed by atoms with Crippen LogP contribution in [0.3, 0.4) is 0 Å². The summed E-state index contributed by atoms with van der Waals surface area (Å²) in [5.41, 5.74) is 5.35. The fraction of sp³-hybridized carbons (Fsp3) is 0.167. The zero-order valence-corrected chi connectivity index (χ0v) is 19.8. The van der Waals surface area contributed by atoms with Crippen LogP contribution in [0.25, 0.3) is 5.70 Å². The largest absolute Gasteiger partial charge is 0.480 e. The zero-order chi connectivity index (χ0) is 21.8. The summed E-state index contributed by atoms with van der Waals surface area (Å²) in [6.07, 6.45) is 1.72. The number of hydrogen-bond donors (Lipinski definition) is 1. The van der Waals surface area contributed by atoms with Gasteiger partial charge in [0.2, 0.25) is 11.1 Å². The molecule has 0 saturated carbocycles. The van der Waals surface area contributed by atoms with Gasteiger partial charge in [0.05, 0.1) is 5.70 Å². The second kappa shape index (κ2) is 7.69. The molecule has 0 radical (unpaired) electrons. The molecule has 0 saturated heterocycles. The van der Waals surface area contributed by atoms with Crippen LogP contribution in [0.2, 0.25) is 5.02 Å². The third-order valence-electron chi connectivity index (χ3n) is 5.79. The fourth-order valence-corrected chi connectivity index (χ4v) is 5.65. The first-order valence-electron chi connectivity index (χ1n) is 10.2. The molecular formula is C24H19ClN4OS2. The minimum atomic E-state index is -0.269. The van der Waals surface area contributed by atoms with E-state index >= 15 is 0 Å². The second-order valence-electron chi connectivity index (χ2n) is 7.79. The fourth-order valence-electron chi connectivity index (χ4n) is 4.31. The average Bonchev–Trinajstić information content (AvgIpc) is 3.47. The molecule has 0 unspecified atom stereocenters. The molecule has 2 aromatic carbocycles. The summed E-state index contributed by atoms with van der Waals surface area (Å²) in [6.45, 7) is 2.09. The number of aromatic nitrogens is 3. The maximum atomic E-state index is 6.64. The number of aryl methyl sites for hydroxylation is 1. The lowest BCUT2D eigenvalue weighted by Crippen LogP contribution is -2.32. The molecule has 6 rings (SSSR count). The van der Waals surface area contributed by atoms with Gasteiger partial charge in [-0.1, -0.05) is 59.3 Å². The maximum Gasteiger partial charge on any atom is 0.227 e. The van der Waals surface area contributed by atoms with Gasteiger partial charge in [-0.2, -0.15) is 4.98 Å². The standard InChI is InChI=1S/C24H19ClN4OS2/c1-13-5-7-14(8-6-13)22-19-20(16-12-15(25)9-10-17(16)30-22)26-23-27-24(31-2)28-29(23)21(19)18-4-3-11-32-18/h3-12,21-22H,1-2H3,(H,26,27,28)/t21-,22+/m0/s1. The van der Waals surface area contributed by atoms with Gasteiger partial charge in [0.25, 0.3) is 0 Å². The van der Waals surface area contributed by atoms with E-state index in [1.54, 1.807) is 11.3 Å². The lowest BCUT2D eigenvalue weighted by molar-refractivity contribution is 0.223. The molecule has 0 amide bonds. The highest BCUT2D eigenvalue weighted by Gasteiger charge is 2.41. The molecular weight excluding hydrogens is 460 g/mol. The number of fused-ring (bicyclic) bond motifs is 3. The Labute approximate surface area is 199 Å². The number of thioether (sulfide) groups is 1. The number of halogens is 1. The van der Waals surface area contributed by atoms with Gasteiger partial charge in [0.15, 0.2) is 0 Å². The minimum absolute atomic E-state index is 0.131. The normalized spacial score (nSPS) is 19.0. The topological polar surface area (TPSA) is 52.0 Å². The summed E-state index contributed by atoms with van der Waals surface area (Å²) in [4.78, 5) is 5.91. The van der Waals surface area contributed by atoms with Crippen LogP contribution >= 0.6 is 34.7 Å². The van der Waals surface area contributed by atoms with Crippen molar-refractivity contribution in [3.8, 4) is 5.75 Å². The van der Waals surface area contributed by atoms with E-state index < -0.39 is 0 Å². The molecule has 5 nitrogen and oxygen atoms in total. The van der Waals surface area contributed by atoms with E-state index in [1.165, 1.54) is 22.2 Å². The molecule has 2 aromatic heterocycles. The number of hydrogen-bond acceptors (Lipinski definition) is 6. The van der Waals surface area contributed by atoms with Crippen molar-refractivity contribution >= 4 is 46.3 Å². The molecule has 0 aliphatic carbocycles. The van der Waals surface area contributed by atoms with Crippen LogP contribution in [-0.4, -0.2) is 21.0 Å². The molecule has 0 bridgehead atoms. The molecule has 0 fully saturated rings.